The van der Waals surface area contributed by atoms with Crippen LogP contribution in [-0.4, -0.2) is 15.8 Å². The molecular weight excluding hydrogens is 327 g/mol. The van der Waals surface area contributed by atoms with Crippen molar-refractivity contribution in [2.24, 2.45) is 0 Å². The summed E-state index contributed by atoms with van der Waals surface area (Å²) >= 11 is 5.89. The molecule has 0 N–H and O–H groups in total. The summed E-state index contributed by atoms with van der Waals surface area (Å²) in [4.78, 5) is 21.3. The van der Waals surface area contributed by atoms with E-state index in [1.165, 1.54) is 12.1 Å². The lowest BCUT2D eigenvalue weighted by atomic mass is 9.89. The van der Waals surface area contributed by atoms with Crippen LogP contribution in [0.1, 0.15) is 27.5 Å². The zero-order chi connectivity index (χ0) is 16.9. The molecule has 1 atom stereocenters. The van der Waals surface area contributed by atoms with Gasteiger partial charge in [-0.1, -0.05) is 23.7 Å². The Labute approximate surface area is 144 Å². The van der Waals surface area contributed by atoms with E-state index < -0.39 is 5.92 Å². The summed E-state index contributed by atoms with van der Waals surface area (Å²) in [6.07, 6.45) is 5.12. The molecule has 0 spiro atoms. The van der Waals surface area contributed by atoms with Gasteiger partial charge in [0.1, 0.15) is 5.82 Å². The first-order valence-corrected chi connectivity index (χ1v) is 7.81. The van der Waals surface area contributed by atoms with Gasteiger partial charge in [-0.15, -0.1) is 0 Å². The van der Waals surface area contributed by atoms with Gasteiger partial charge in [-0.05, 0) is 48.4 Å². The summed E-state index contributed by atoms with van der Waals surface area (Å²) in [5.74, 6) is -0.874. The van der Waals surface area contributed by atoms with Gasteiger partial charge in [-0.3, -0.25) is 14.8 Å². The molecule has 0 aliphatic rings. The smallest absolute Gasteiger partial charge is 0.172 e. The molecule has 1 unspecified atom stereocenters. The third-order valence-corrected chi connectivity index (χ3v) is 3.99. The molecule has 0 radical (unpaired) electrons. The Kier molecular flexibility index (Phi) is 4.96. The molecule has 0 amide bonds. The lowest BCUT2D eigenvalue weighted by Crippen LogP contribution is -2.17. The maximum absolute atomic E-state index is 13.1. The first-order valence-electron chi connectivity index (χ1n) is 7.43. The van der Waals surface area contributed by atoms with Crippen LogP contribution in [0.5, 0.6) is 0 Å². The van der Waals surface area contributed by atoms with Crippen LogP contribution < -0.4 is 0 Å². The van der Waals surface area contributed by atoms with Crippen LogP contribution >= 0.6 is 11.6 Å². The highest BCUT2D eigenvalue weighted by Crippen LogP contribution is 2.24. The number of benzene rings is 2. The predicted octanol–water partition coefficient (Wildman–Crippen LogP) is 4.48. The molecule has 3 nitrogen and oxygen atoms in total. The fraction of sp³-hybridized carbons (Fsp3) is 0.105. The Hall–Kier alpha value is -2.59. The first-order chi connectivity index (χ1) is 11.6. The number of Topliss-reactive ketones (excluding diaryl/α,β-unsaturated/α-hetero) is 1. The van der Waals surface area contributed by atoms with E-state index in [1.807, 2.05) is 0 Å². The monoisotopic (exact) mass is 340 g/mol. The minimum Gasteiger partial charge on any atom is -0.293 e. The zero-order valence-electron chi connectivity index (χ0n) is 12.7. The van der Waals surface area contributed by atoms with E-state index in [-0.39, 0.29) is 11.6 Å². The van der Waals surface area contributed by atoms with E-state index in [9.17, 15) is 9.18 Å². The molecule has 1 aromatic heterocycles. The molecule has 24 heavy (non-hydrogen) atoms. The summed E-state index contributed by atoms with van der Waals surface area (Å²) in [7, 11) is 0. The van der Waals surface area contributed by atoms with E-state index in [2.05, 4.69) is 9.97 Å². The van der Waals surface area contributed by atoms with E-state index >= 15 is 0 Å². The van der Waals surface area contributed by atoms with Crippen molar-refractivity contribution in [1.29, 1.82) is 0 Å². The third-order valence-electron chi connectivity index (χ3n) is 3.74. The van der Waals surface area contributed by atoms with Crippen molar-refractivity contribution in [3.8, 4) is 0 Å². The van der Waals surface area contributed by atoms with Crippen LogP contribution in [0.15, 0.2) is 67.1 Å². The van der Waals surface area contributed by atoms with Gasteiger partial charge in [0.05, 0.1) is 11.6 Å². The van der Waals surface area contributed by atoms with Crippen LogP contribution in [0.25, 0.3) is 0 Å². The number of ketones is 1. The molecule has 3 rings (SSSR count). The topological polar surface area (TPSA) is 42.9 Å². The molecule has 0 saturated heterocycles. The number of nitrogens with zero attached hydrogens (tertiary/aromatic N) is 2. The second-order valence-electron chi connectivity index (χ2n) is 5.38. The highest BCUT2D eigenvalue weighted by atomic mass is 35.5. The molecule has 0 saturated carbocycles. The average Bonchev–Trinajstić information content (AvgIpc) is 2.62. The van der Waals surface area contributed by atoms with Crippen molar-refractivity contribution in [3.05, 3.63) is 94.8 Å². The summed E-state index contributed by atoms with van der Waals surface area (Å²) in [5.41, 5.74) is 1.99. The lowest BCUT2D eigenvalue weighted by Gasteiger charge is -2.15. The van der Waals surface area contributed by atoms with Gasteiger partial charge in [0, 0.05) is 29.2 Å². The van der Waals surface area contributed by atoms with Crippen molar-refractivity contribution < 1.29 is 9.18 Å². The van der Waals surface area contributed by atoms with Crippen LogP contribution in [-0.2, 0) is 6.42 Å². The minimum absolute atomic E-state index is 0.0727. The van der Waals surface area contributed by atoms with Crippen LogP contribution in [0.2, 0.25) is 5.02 Å². The lowest BCUT2D eigenvalue weighted by molar-refractivity contribution is 0.0957. The fourth-order valence-corrected chi connectivity index (χ4v) is 2.62. The first kappa shape index (κ1) is 16.3. The SMILES string of the molecule is O=C(c1ccc(Cl)cc1)C(Cc1ccc(F)cc1)c1cnccn1. The third kappa shape index (κ3) is 3.84. The van der Waals surface area contributed by atoms with Crippen molar-refractivity contribution in [1.82, 2.24) is 9.97 Å². The summed E-state index contributed by atoms with van der Waals surface area (Å²) in [6, 6.07) is 12.9. The van der Waals surface area contributed by atoms with Crippen LogP contribution in [0.3, 0.4) is 0 Å². The minimum atomic E-state index is -0.495. The zero-order valence-corrected chi connectivity index (χ0v) is 13.4. The van der Waals surface area contributed by atoms with Gasteiger partial charge >= 0.3 is 0 Å². The number of rotatable bonds is 5. The molecule has 0 fully saturated rings. The molecule has 1 heterocycles. The van der Waals surface area contributed by atoms with E-state index in [4.69, 9.17) is 11.6 Å². The quantitative estimate of drug-likeness (QED) is 0.643. The summed E-state index contributed by atoms with van der Waals surface area (Å²) < 4.78 is 13.1. The number of carbonyl (C=O) groups is 1. The number of hydrogen-bond acceptors (Lipinski definition) is 3. The van der Waals surface area contributed by atoms with Gasteiger partial charge in [-0.25, -0.2) is 4.39 Å². The molecule has 2 aromatic carbocycles. The number of carbonyl (C=O) groups excluding carboxylic acids is 1. The molecule has 0 bridgehead atoms. The van der Waals surface area contributed by atoms with Crippen LogP contribution in [0.4, 0.5) is 4.39 Å². The number of hydrogen-bond donors (Lipinski definition) is 0. The van der Waals surface area contributed by atoms with Crippen molar-refractivity contribution in [2.45, 2.75) is 12.3 Å². The maximum atomic E-state index is 13.1. The summed E-state index contributed by atoms with van der Waals surface area (Å²) in [5, 5.41) is 0.570. The molecule has 0 aliphatic carbocycles. The Bertz CT molecular complexity index is 820. The second kappa shape index (κ2) is 7.32. The van der Waals surface area contributed by atoms with E-state index in [1.54, 1.807) is 55.0 Å². The molecule has 120 valence electrons. The van der Waals surface area contributed by atoms with Crippen molar-refractivity contribution in [3.63, 3.8) is 0 Å². The van der Waals surface area contributed by atoms with E-state index in [0.717, 1.165) is 5.56 Å². The Morgan fingerprint density at radius 3 is 2.38 bits per heavy atom. The summed E-state index contributed by atoms with van der Waals surface area (Å²) in [6.45, 7) is 0. The predicted molar refractivity (Wildman–Crippen MR) is 90.7 cm³/mol. The average molecular weight is 341 g/mol. The number of halogens is 2. The normalized spacial score (nSPS) is 11.9. The Balaban J connectivity index is 1.94. The van der Waals surface area contributed by atoms with Gasteiger partial charge in [0.2, 0.25) is 0 Å². The Morgan fingerprint density at radius 1 is 1.04 bits per heavy atom. The fourth-order valence-electron chi connectivity index (χ4n) is 2.49. The standard InChI is InChI=1S/C19H14ClFN2O/c20-15-5-3-14(4-6-15)19(24)17(18-12-22-9-10-23-18)11-13-1-7-16(21)8-2-13/h1-10,12,17H,11H2. The Morgan fingerprint density at radius 2 is 1.75 bits per heavy atom. The van der Waals surface area contributed by atoms with Gasteiger partial charge in [-0.2, -0.15) is 0 Å². The second-order valence-corrected chi connectivity index (χ2v) is 5.82. The molecule has 5 heteroatoms. The van der Waals surface area contributed by atoms with E-state index in [0.29, 0.717) is 22.7 Å². The van der Waals surface area contributed by atoms with Gasteiger partial charge < -0.3 is 0 Å². The maximum Gasteiger partial charge on any atom is 0.172 e. The van der Waals surface area contributed by atoms with Crippen LogP contribution in [0, 0.1) is 5.82 Å². The van der Waals surface area contributed by atoms with Crippen molar-refractivity contribution in [2.75, 3.05) is 0 Å². The largest absolute Gasteiger partial charge is 0.293 e. The van der Waals surface area contributed by atoms with Crippen molar-refractivity contribution >= 4 is 17.4 Å². The van der Waals surface area contributed by atoms with Gasteiger partial charge in [0.25, 0.3) is 0 Å². The molecule has 3 aromatic rings. The molecular formula is C19H14ClFN2O. The highest BCUT2D eigenvalue weighted by Gasteiger charge is 2.24. The highest BCUT2D eigenvalue weighted by molar-refractivity contribution is 6.30. The molecule has 0 aliphatic heterocycles. The van der Waals surface area contributed by atoms with Gasteiger partial charge in [0.15, 0.2) is 5.78 Å². The number of aromatic nitrogens is 2.